The van der Waals surface area contributed by atoms with E-state index in [0.717, 1.165) is 9.18 Å². The Morgan fingerprint density at radius 3 is 2.96 bits per heavy atom. The van der Waals surface area contributed by atoms with Crippen LogP contribution in [-0.2, 0) is 21.5 Å². The van der Waals surface area contributed by atoms with Gasteiger partial charge in [-0.2, -0.15) is 17.4 Å². The lowest BCUT2D eigenvalue weighted by atomic mass is 10.1. The number of rotatable bonds is 4. The Kier molecular flexibility index (Phi) is 4.53. The van der Waals surface area contributed by atoms with Gasteiger partial charge in [0.15, 0.2) is 0 Å². The third kappa shape index (κ3) is 3.47. The molecule has 1 saturated heterocycles. The monoisotopic (exact) mass is 355 g/mol. The lowest BCUT2D eigenvalue weighted by Gasteiger charge is -2.35. The minimum absolute atomic E-state index is 0.229. The van der Waals surface area contributed by atoms with Crippen molar-refractivity contribution in [2.45, 2.75) is 25.0 Å². The molecule has 3 rings (SSSR count). The first-order valence-corrected chi connectivity index (χ1v) is 9.38. The number of nitrogens with zero attached hydrogens (tertiary/aromatic N) is 1. The third-order valence-electron chi connectivity index (χ3n) is 3.77. The number of hydrogen-bond donors (Lipinski definition) is 2. The average molecular weight is 355 g/mol. The molecule has 23 heavy (non-hydrogen) atoms. The molecule has 2 N–H and O–H groups in total. The van der Waals surface area contributed by atoms with Gasteiger partial charge in [0.1, 0.15) is 11.8 Å². The molecule has 2 unspecified atom stereocenters. The van der Waals surface area contributed by atoms with Gasteiger partial charge in [-0.15, -0.1) is 11.3 Å². The molecule has 2 aromatic rings. The molecule has 0 radical (unpaired) electrons. The molecule has 124 valence electrons. The predicted octanol–water partition coefficient (Wildman–Crippen LogP) is 1.24. The molecule has 2 aromatic heterocycles. The predicted molar refractivity (Wildman–Crippen MR) is 85.8 cm³/mol. The van der Waals surface area contributed by atoms with E-state index in [-0.39, 0.29) is 12.5 Å². The molecule has 7 nitrogen and oxygen atoms in total. The fraction of sp³-hybridized carbons (Fsp3) is 0.357. The smallest absolute Gasteiger partial charge is 0.280 e. The Morgan fingerprint density at radius 2 is 2.30 bits per heavy atom. The minimum Gasteiger partial charge on any atom is -0.467 e. The van der Waals surface area contributed by atoms with Gasteiger partial charge in [-0.05, 0) is 30.0 Å². The summed E-state index contributed by atoms with van der Waals surface area (Å²) in [5.74, 6) is 0.281. The van der Waals surface area contributed by atoms with E-state index in [1.807, 2.05) is 17.5 Å². The van der Waals surface area contributed by atoms with Crippen molar-refractivity contribution in [2.24, 2.45) is 0 Å². The second-order valence-corrected chi connectivity index (χ2v) is 8.00. The normalized spacial score (nSPS) is 24.4. The molecular weight excluding hydrogens is 338 g/mol. The van der Waals surface area contributed by atoms with E-state index in [0.29, 0.717) is 12.2 Å². The molecule has 3 heterocycles. The summed E-state index contributed by atoms with van der Waals surface area (Å²) in [5, 5.41) is 4.61. The number of nitrogens with one attached hydrogen (secondary N) is 2. The van der Waals surface area contributed by atoms with Crippen LogP contribution in [0.5, 0.6) is 0 Å². The van der Waals surface area contributed by atoms with Gasteiger partial charge in [-0.1, -0.05) is 6.07 Å². The lowest BCUT2D eigenvalue weighted by Crippen LogP contribution is -2.56. The summed E-state index contributed by atoms with van der Waals surface area (Å²) in [6.07, 6.45) is 1.90. The zero-order valence-electron chi connectivity index (χ0n) is 12.4. The molecule has 0 saturated carbocycles. The number of carbonyl (C=O) groups is 1. The first kappa shape index (κ1) is 16.2. The summed E-state index contributed by atoms with van der Waals surface area (Å²) in [6.45, 7) is 0.229. The zero-order chi connectivity index (χ0) is 16.4. The van der Waals surface area contributed by atoms with Crippen molar-refractivity contribution < 1.29 is 17.6 Å². The third-order valence-corrected chi connectivity index (χ3v) is 6.36. The maximum atomic E-state index is 12.4. The van der Waals surface area contributed by atoms with Crippen molar-refractivity contribution in [3.8, 4) is 0 Å². The van der Waals surface area contributed by atoms with Crippen molar-refractivity contribution in [3.63, 3.8) is 0 Å². The second kappa shape index (κ2) is 6.44. The molecule has 9 heteroatoms. The van der Waals surface area contributed by atoms with E-state index in [4.69, 9.17) is 4.42 Å². The van der Waals surface area contributed by atoms with Gasteiger partial charge in [0, 0.05) is 11.9 Å². The fourth-order valence-electron chi connectivity index (χ4n) is 2.49. The van der Waals surface area contributed by atoms with Gasteiger partial charge in [0.25, 0.3) is 10.2 Å². The van der Waals surface area contributed by atoms with Crippen LogP contribution < -0.4 is 10.0 Å². The van der Waals surface area contributed by atoms with Crippen LogP contribution in [0.15, 0.2) is 40.3 Å². The molecule has 0 aliphatic carbocycles. The van der Waals surface area contributed by atoms with Gasteiger partial charge in [0.2, 0.25) is 5.91 Å². The average Bonchev–Trinajstić information content (AvgIpc) is 3.20. The highest BCUT2D eigenvalue weighted by molar-refractivity contribution is 7.87. The minimum atomic E-state index is -3.70. The highest BCUT2D eigenvalue weighted by atomic mass is 32.2. The van der Waals surface area contributed by atoms with E-state index < -0.39 is 22.3 Å². The van der Waals surface area contributed by atoms with Crippen LogP contribution >= 0.6 is 11.3 Å². The van der Waals surface area contributed by atoms with Crippen molar-refractivity contribution in [1.82, 2.24) is 14.3 Å². The summed E-state index contributed by atoms with van der Waals surface area (Å²) in [5.41, 5.74) is 0. The Hall–Kier alpha value is -1.68. The number of carbonyl (C=O) groups excluding carboxylic acids is 1. The van der Waals surface area contributed by atoms with Crippen molar-refractivity contribution >= 4 is 27.5 Å². The lowest BCUT2D eigenvalue weighted by molar-refractivity contribution is -0.125. The second-order valence-electron chi connectivity index (χ2n) is 5.26. The topological polar surface area (TPSA) is 91.7 Å². The van der Waals surface area contributed by atoms with Crippen molar-refractivity contribution in [1.29, 1.82) is 0 Å². The van der Waals surface area contributed by atoms with Crippen LogP contribution in [0.4, 0.5) is 0 Å². The molecule has 2 atom stereocenters. The van der Waals surface area contributed by atoms with E-state index in [1.54, 1.807) is 12.1 Å². The number of amides is 1. The van der Waals surface area contributed by atoms with Gasteiger partial charge in [-0.3, -0.25) is 4.79 Å². The molecule has 0 spiro atoms. The number of hydrogen-bond acceptors (Lipinski definition) is 5. The Bertz CT molecular complexity index is 756. The first-order valence-electron chi connectivity index (χ1n) is 7.06. The molecule has 1 amide bonds. The summed E-state index contributed by atoms with van der Waals surface area (Å²) in [6, 6.07) is 6.05. The van der Waals surface area contributed by atoms with Crippen LogP contribution in [0.25, 0.3) is 0 Å². The van der Waals surface area contributed by atoms with Crippen LogP contribution in [0.1, 0.15) is 23.1 Å². The quantitative estimate of drug-likeness (QED) is 0.863. The van der Waals surface area contributed by atoms with Crippen LogP contribution in [-0.4, -0.2) is 31.7 Å². The van der Waals surface area contributed by atoms with Crippen LogP contribution in [0, 0.1) is 0 Å². The number of thiophene rings is 1. The highest BCUT2D eigenvalue weighted by Crippen LogP contribution is 2.30. The van der Waals surface area contributed by atoms with Gasteiger partial charge >= 0.3 is 0 Å². The van der Waals surface area contributed by atoms with Gasteiger partial charge in [0.05, 0.1) is 18.8 Å². The summed E-state index contributed by atoms with van der Waals surface area (Å²) in [7, 11) is -2.29. The van der Waals surface area contributed by atoms with Crippen molar-refractivity contribution in [2.75, 3.05) is 7.05 Å². The van der Waals surface area contributed by atoms with Crippen LogP contribution in [0.3, 0.4) is 0 Å². The number of furan rings is 1. The molecule has 0 aromatic carbocycles. The maximum absolute atomic E-state index is 12.4. The Morgan fingerprint density at radius 1 is 1.48 bits per heavy atom. The van der Waals surface area contributed by atoms with Crippen LogP contribution in [0.2, 0.25) is 0 Å². The van der Waals surface area contributed by atoms with E-state index in [9.17, 15) is 13.2 Å². The first-order chi connectivity index (χ1) is 11.0. The van der Waals surface area contributed by atoms with E-state index >= 15 is 0 Å². The fourth-order valence-corrected chi connectivity index (χ4v) is 4.62. The SMILES string of the molecule is CN1C(C(=O)NCc2ccco2)CC(c2cccs2)NS1(=O)=O. The maximum Gasteiger partial charge on any atom is 0.280 e. The van der Waals surface area contributed by atoms with E-state index in [1.165, 1.54) is 24.6 Å². The molecule has 1 aliphatic heterocycles. The standard InChI is InChI=1S/C14H17N3O4S2/c1-17-12(14(18)15-9-10-4-2-6-21-10)8-11(16-23(17,19)20)13-5-3-7-22-13/h2-7,11-12,16H,8-9H2,1H3,(H,15,18). The summed E-state index contributed by atoms with van der Waals surface area (Å²) in [4.78, 5) is 13.3. The summed E-state index contributed by atoms with van der Waals surface area (Å²) >= 11 is 1.46. The Labute approximate surface area is 138 Å². The number of likely N-dealkylation sites (N-methyl/N-ethyl adjacent to an activating group) is 1. The summed E-state index contributed by atoms with van der Waals surface area (Å²) < 4.78 is 33.4. The Balaban J connectivity index is 1.74. The van der Waals surface area contributed by atoms with Crippen molar-refractivity contribution in [3.05, 3.63) is 46.5 Å². The molecule has 0 bridgehead atoms. The zero-order valence-corrected chi connectivity index (χ0v) is 14.1. The molecule has 1 fully saturated rings. The largest absolute Gasteiger partial charge is 0.467 e. The molecule has 1 aliphatic rings. The van der Waals surface area contributed by atoms with Gasteiger partial charge in [-0.25, -0.2) is 0 Å². The van der Waals surface area contributed by atoms with Gasteiger partial charge < -0.3 is 9.73 Å². The highest BCUT2D eigenvalue weighted by Gasteiger charge is 2.40. The van der Waals surface area contributed by atoms with E-state index in [2.05, 4.69) is 10.0 Å². The molecular formula is C14H17N3O4S2.